The van der Waals surface area contributed by atoms with Gasteiger partial charge < -0.3 is 10.1 Å². The van der Waals surface area contributed by atoms with E-state index in [0.29, 0.717) is 12.2 Å². The van der Waals surface area contributed by atoms with Crippen LogP contribution in [0.3, 0.4) is 0 Å². The first-order chi connectivity index (χ1) is 13.5. The summed E-state index contributed by atoms with van der Waals surface area (Å²) in [5, 5.41) is 14.8. The lowest BCUT2D eigenvalue weighted by Gasteiger charge is -2.19. The standard InChI is InChI=1S/C20H17BrN4O3/c21-13-5-3-4-12(10-13)16-11-17(25(24-16)18(26)8-9-19(27)28)20-22-14-6-1-2-7-15(14)23-20/h1-7,10,17H,8-9,11H2,(H,22,23)(H,27,28)/t17-/m0/s1. The molecule has 0 saturated carbocycles. The molecule has 7 nitrogen and oxygen atoms in total. The molecule has 1 amide bonds. The number of aliphatic carboxylic acids is 1. The highest BCUT2D eigenvalue weighted by atomic mass is 79.9. The molecule has 0 saturated heterocycles. The fraction of sp³-hybridized carbons (Fsp3) is 0.200. The Morgan fingerprint density at radius 2 is 2.00 bits per heavy atom. The van der Waals surface area contributed by atoms with Gasteiger partial charge in [0.05, 0.1) is 23.2 Å². The van der Waals surface area contributed by atoms with Gasteiger partial charge in [0.2, 0.25) is 5.91 Å². The summed E-state index contributed by atoms with van der Waals surface area (Å²) in [6.45, 7) is 0. The molecule has 8 heteroatoms. The largest absolute Gasteiger partial charge is 0.481 e. The third-order valence-electron chi connectivity index (χ3n) is 4.60. The summed E-state index contributed by atoms with van der Waals surface area (Å²) in [6.07, 6.45) is 0.153. The Morgan fingerprint density at radius 1 is 1.18 bits per heavy atom. The maximum absolute atomic E-state index is 12.7. The van der Waals surface area contributed by atoms with E-state index in [1.807, 2.05) is 48.5 Å². The zero-order chi connectivity index (χ0) is 19.7. The van der Waals surface area contributed by atoms with Crippen molar-refractivity contribution in [3.8, 4) is 0 Å². The third-order valence-corrected chi connectivity index (χ3v) is 5.09. The topological polar surface area (TPSA) is 98.7 Å². The number of hydrogen-bond donors (Lipinski definition) is 2. The molecule has 28 heavy (non-hydrogen) atoms. The van der Waals surface area contributed by atoms with Gasteiger partial charge in [-0.25, -0.2) is 9.99 Å². The van der Waals surface area contributed by atoms with Crippen molar-refractivity contribution in [3.63, 3.8) is 0 Å². The number of carbonyl (C=O) groups excluding carboxylic acids is 1. The molecule has 2 aromatic carbocycles. The zero-order valence-corrected chi connectivity index (χ0v) is 16.4. The van der Waals surface area contributed by atoms with E-state index in [-0.39, 0.29) is 18.7 Å². The lowest BCUT2D eigenvalue weighted by molar-refractivity contribution is -0.141. The summed E-state index contributed by atoms with van der Waals surface area (Å²) < 4.78 is 0.920. The fourth-order valence-corrected chi connectivity index (χ4v) is 3.65. The molecule has 0 unspecified atom stereocenters. The highest BCUT2D eigenvalue weighted by molar-refractivity contribution is 9.10. The number of hydrogen-bond acceptors (Lipinski definition) is 4. The minimum atomic E-state index is -1.01. The highest BCUT2D eigenvalue weighted by Gasteiger charge is 2.35. The lowest BCUT2D eigenvalue weighted by Crippen LogP contribution is -2.28. The first kappa shape index (κ1) is 18.4. The van der Waals surface area contributed by atoms with Gasteiger partial charge in [-0.1, -0.05) is 40.2 Å². The van der Waals surface area contributed by atoms with E-state index in [9.17, 15) is 9.59 Å². The quantitative estimate of drug-likeness (QED) is 0.628. The maximum Gasteiger partial charge on any atom is 0.303 e. The second-order valence-electron chi connectivity index (χ2n) is 6.55. The number of carboxylic acids is 1. The molecule has 0 fully saturated rings. The molecule has 1 aromatic heterocycles. The molecular formula is C20H17BrN4O3. The Kier molecular flexibility index (Phi) is 4.95. The van der Waals surface area contributed by atoms with E-state index in [1.165, 1.54) is 5.01 Å². The summed E-state index contributed by atoms with van der Waals surface area (Å²) in [4.78, 5) is 31.5. The lowest BCUT2D eigenvalue weighted by atomic mass is 10.0. The minimum absolute atomic E-state index is 0.110. The van der Waals surface area contributed by atoms with Crippen molar-refractivity contribution in [1.29, 1.82) is 0 Å². The molecule has 0 radical (unpaired) electrons. The average Bonchev–Trinajstić information content (AvgIpc) is 3.30. The number of fused-ring (bicyclic) bond motifs is 1. The van der Waals surface area contributed by atoms with Crippen LogP contribution in [0.1, 0.15) is 36.7 Å². The van der Waals surface area contributed by atoms with Gasteiger partial charge in [0.25, 0.3) is 0 Å². The molecule has 4 rings (SSSR count). The molecule has 3 aromatic rings. The van der Waals surface area contributed by atoms with Gasteiger partial charge in [-0.3, -0.25) is 9.59 Å². The smallest absolute Gasteiger partial charge is 0.303 e. The number of halogens is 1. The average molecular weight is 441 g/mol. The van der Waals surface area contributed by atoms with Gasteiger partial charge in [-0.05, 0) is 29.8 Å². The van der Waals surface area contributed by atoms with Crippen molar-refractivity contribution in [2.24, 2.45) is 5.10 Å². The van der Waals surface area contributed by atoms with E-state index in [0.717, 1.165) is 26.8 Å². The van der Waals surface area contributed by atoms with Crippen molar-refractivity contribution >= 4 is 44.6 Å². The van der Waals surface area contributed by atoms with Crippen LogP contribution < -0.4 is 0 Å². The van der Waals surface area contributed by atoms with Gasteiger partial charge in [0, 0.05) is 17.3 Å². The van der Waals surface area contributed by atoms with Crippen LogP contribution in [0.5, 0.6) is 0 Å². The van der Waals surface area contributed by atoms with Crippen LogP contribution in [0.4, 0.5) is 0 Å². The molecule has 0 spiro atoms. The predicted octanol–water partition coefficient (Wildman–Crippen LogP) is 3.87. The number of imidazole rings is 1. The summed E-state index contributed by atoms with van der Waals surface area (Å²) in [7, 11) is 0. The third kappa shape index (κ3) is 3.68. The molecular weight excluding hydrogens is 424 g/mol. The summed E-state index contributed by atoms with van der Waals surface area (Å²) in [6, 6.07) is 15.0. The van der Waals surface area contributed by atoms with Gasteiger partial charge in [0.1, 0.15) is 11.9 Å². The number of H-pyrrole nitrogens is 1. The van der Waals surface area contributed by atoms with Gasteiger partial charge in [-0.15, -0.1) is 0 Å². The second kappa shape index (κ2) is 7.55. The number of hydrazone groups is 1. The van der Waals surface area contributed by atoms with E-state index in [2.05, 4.69) is 31.0 Å². The number of carbonyl (C=O) groups is 2. The molecule has 0 aliphatic carbocycles. The molecule has 0 bridgehead atoms. The molecule has 142 valence electrons. The van der Waals surface area contributed by atoms with Crippen molar-refractivity contribution in [2.75, 3.05) is 0 Å². The Hall–Kier alpha value is -3.00. The predicted molar refractivity (Wildman–Crippen MR) is 108 cm³/mol. The van der Waals surface area contributed by atoms with Crippen molar-refractivity contribution in [2.45, 2.75) is 25.3 Å². The Bertz CT molecular complexity index is 1060. The van der Waals surface area contributed by atoms with E-state index in [4.69, 9.17) is 5.11 Å². The number of carboxylic acid groups (broad SMARTS) is 1. The molecule has 1 atom stereocenters. The second-order valence-corrected chi connectivity index (χ2v) is 7.46. The van der Waals surface area contributed by atoms with E-state index in [1.54, 1.807) is 0 Å². The molecule has 2 heterocycles. The van der Waals surface area contributed by atoms with Crippen LogP contribution in [0.2, 0.25) is 0 Å². The molecule has 2 N–H and O–H groups in total. The van der Waals surface area contributed by atoms with Crippen molar-refractivity contribution in [1.82, 2.24) is 15.0 Å². The van der Waals surface area contributed by atoms with Crippen molar-refractivity contribution < 1.29 is 14.7 Å². The van der Waals surface area contributed by atoms with Crippen LogP contribution in [0, 0.1) is 0 Å². The number of amides is 1. The number of nitrogens with one attached hydrogen (secondary N) is 1. The van der Waals surface area contributed by atoms with Gasteiger partial charge in [0.15, 0.2) is 0 Å². The molecule has 1 aliphatic rings. The normalized spacial score (nSPS) is 16.4. The first-order valence-corrected chi connectivity index (χ1v) is 9.62. The Labute approximate surface area is 169 Å². The van der Waals surface area contributed by atoms with E-state index < -0.39 is 12.0 Å². The first-order valence-electron chi connectivity index (χ1n) is 8.83. The monoisotopic (exact) mass is 440 g/mol. The Morgan fingerprint density at radius 3 is 2.75 bits per heavy atom. The van der Waals surface area contributed by atoms with Crippen LogP contribution in [0.25, 0.3) is 11.0 Å². The molecule has 1 aliphatic heterocycles. The number of benzene rings is 2. The number of nitrogens with zero attached hydrogens (tertiary/aromatic N) is 3. The maximum atomic E-state index is 12.7. The van der Waals surface area contributed by atoms with Crippen molar-refractivity contribution in [3.05, 3.63) is 64.4 Å². The van der Waals surface area contributed by atoms with Crippen LogP contribution in [-0.2, 0) is 9.59 Å². The van der Waals surface area contributed by atoms with Crippen LogP contribution in [-0.4, -0.2) is 37.7 Å². The minimum Gasteiger partial charge on any atom is -0.481 e. The summed E-state index contributed by atoms with van der Waals surface area (Å²) in [5.74, 6) is -0.708. The summed E-state index contributed by atoms with van der Waals surface area (Å²) >= 11 is 3.46. The van der Waals surface area contributed by atoms with E-state index >= 15 is 0 Å². The number of aromatic nitrogens is 2. The fourth-order valence-electron chi connectivity index (χ4n) is 3.25. The highest BCUT2D eigenvalue weighted by Crippen LogP contribution is 2.33. The number of para-hydroxylation sites is 2. The Balaban J connectivity index is 1.69. The van der Waals surface area contributed by atoms with Crippen LogP contribution >= 0.6 is 15.9 Å². The van der Waals surface area contributed by atoms with Gasteiger partial charge in [-0.2, -0.15) is 5.10 Å². The SMILES string of the molecule is O=C(O)CCC(=O)N1N=C(c2cccc(Br)c2)C[C@H]1c1nc2ccccc2[nH]1. The summed E-state index contributed by atoms with van der Waals surface area (Å²) in [5.41, 5.74) is 3.36. The number of aromatic amines is 1. The van der Waals surface area contributed by atoms with Gasteiger partial charge >= 0.3 is 5.97 Å². The zero-order valence-electron chi connectivity index (χ0n) is 14.8. The number of rotatable bonds is 5. The van der Waals surface area contributed by atoms with Crippen LogP contribution in [0.15, 0.2) is 58.1 Å².